The summed E-state index contributed by atoms with van der Waals surface area (Å²) in [7, 11) is 0. The molecule has 25 heavy (non-hydrogen) atoms. The highest BCUT2D eigenvalue weighted by atomic mass is 16.6. The van der Waals surface area contributed by atoms with Gasteiger partial charge in [0.15, 0.2) is 0 Å². The Bertz CT molecular complexity index is 674. The number of nitro groups is 1. The van der Waals surface area contributed by atoms with Crippen LogP contribution in [0, 0.1) is 22.0 Å². The molecular formula is C17H22N4O4. The number of nitrogens with zero attached hydrogens (tertiary/aromatic N) is 2. The Hall–Kier alpha value is -2.64. The number of para-hydroxylation sites is 2. The van der Waals surface area contributed by atoms with Crippen LogP contribution in [0.4, 0.5) is 11.4 Å². The summed E-state index contributed by atoms with van der Waals surface area (Å²) in [5.41, 5.74) is 0.430. The van der Waals surface area contributed by atoms with Gasteiger partial charge >= 0.3 is 0 Å². The predicted octanol–water partition coefficient (Wildman–Crippen LogP) is 1.38. The van der Waals surface area contributed by atoms with Gasteiger partial charge in [-0.3, -0.25) is 19.7 Å². The zero-order valence-corrected chi connectivity index (χ0v) is 13.9. The fraction of sp³-hybridized carbons (Fsp3) is 0.529. The van der Waals surface area contributed by atoms with Gasteiger partial charge < -0.3 is 15.5 Å². The van der Waals surface area contributed by atoms with E-state index in [0.717, 1.165) is 6.54 Å². The van der Waals surface area contributed by atoms with Crippen molar-refractivity contribution >= 4 is 23.2 Å². The van der Waals surface area contributed by atoms with Gasteiger partial charge in [-0.2, -0.15) is 0 Å². The molecule has 0 radical (unpaired) electrons. The second-order valence-corrected chi connectivity index (χ2v) is 6.64. The lowest BCUT2D eigenvalue weighted by molar-refractivity contribution is -0.384. The smallest absolute Gasteiger partial charge is 0.292 e. The molecule has 1 aliphatic carbocycles. The van der Waals surface area contributed by atoms with Gasteiger partial charge in [-0.05, 0) is 24.8 Å². The van der Waals surface area contributed by atoms with Gasteiger partial charge in [0.05, 0.1) is 10.8 Å². The maximum atomic E-state index is 12.2. The summed E-state index contributed by atoms with van der Waals surface area (Å²) in [6, 6.07) is 6.38. The Morgan fingerprint density at radius 1 is 1.28 bits per heavy atom. The van der Waals surface area contributed by atoms with E-state index in [4.69, 9.17) is 0 Å². The number of nitro benzene ring substituents is 1. The van der Waals surface area contributed by atoms with E-state index in [1.807, 2.05) is 0 Å². The summed E-state index contributed by atoms with van der Waals surface area (Å²) < 4.78 is 0. The lowest BCUT2D eigenvalue weighted by Gasteiger charge is -2.16. The van der Waals surface area contributed by atoms with Crippen molar-refractivity contribution in [1.82, 2.24) is 10.2 Å². The minimum Gasteiger partial charge on any atom is -0.378 e. The molecule has 8 nitrogen and oxygen atoms in total. The number of carbonyl (C=O) groups excluding carboxylic acids is 2. The van der Waals surface area contributed by atoms with Crippen LogP contribution < -0.4 is 10.6 Å². The molecular weight excluding hydrogens is 324 g/mol. The Balaban J connectivity index is 1.41. The van der Waals surface area contributed by atoms with Gasteiger partial charge in [-0.15, -0.1) is 0 Å². The molecule has 2 N–H and O–H groups in total. The largest absolute Gasteiger partial charge is 0.378 e. The third-order valence-corrected chi connectivity index (χ3v) is 4.60. The highest BCUT2D eigenvalue weighted by molar-refractivity contribution is 5.89. The molecule has 3 rings (SSSR count). The minimum absolute atomic E-state index is 0.00549. The van der Waals surface area contributed by atoms with Crippen molar-refractivity contribution in [1.29, 1.82) is 0 Å². The van der Waals surface area contributed by atoms with E-state index in [-0.39, 0.29) is 29.8 Å². The first-order valence-corrected chi connectivity index (χ1v) is 8.57. The number of nitrogens with one attached hydrogen (secondary N) is 2. The Morgan fingerprint density at radius 3 is 2.76 bits per heavy atom. The van der Waals surface area contributed by atoms with Gasteiger partial charge in [0.1, 0.15) is 5.69 Å². The Morgan fingerprint density at radius 2 is 2.04 bits per heavy atom. The minimum atomic E-state index is -0.445. The van der Waals surface area contributed by atoms with Crippen LogP contribution in [0.15, 0.2) is 24.3 Å². The van der Waals surface area contributed by atoms with Crippen LogP contribution >= 0.6 is 0 Å². The van der Waals surface area contributed by atoms with Gasteiger partial charge in [0, 0.05) is 38.7 Å². The van der Waals surface area contributed by atoms with Gasteiger partial charge in [0.25, 0.3) is 5.69 Å². The zero-order valence-electron chi connectivity index (χ0n) is 13.9. The predicted molar refractivity (Wildman–Crippen MR) is 92.0 cm³/mol. The molecule has 2 fully saturated rings. The number of hydrogen-bond donors (Lipinski definition) is 2. The number of anilines is 1. The zero-order chi connectivity index (χ0) is 17.8. The topological polar surface area (TPSA) is 105 Å². The van der Waals surface area contributed by atoms with Crippen molar-refractivity contribution in [2.24, 2.45) is 11.8 Å². The fourth-order valence-electron chi connectivity index (χ4n) is 3.05. The van der Waals surface area contributed by atoms with E-state index < -0.39 is 4.92 Å². The third kappa shape index (κ3) is 4.46. The normalized spacial score (nSPS) is 19.8. The number of rotatable bonds is 8. The molecule has 0 bridgehead atoms. The molecule has 1 atom stereocenters. The quantitative estimate of drug-likeness (QED) is 0.420. The van der Waals surface area contributed by atoms with Gasteiger partial charge in [-0.25, -0.2) is 0 Å². The van der Waals surface area contributed by atoms with Crippen LogP contribution in [0.1, 0.15) is 19.3 Å². The van der Waals surface area contributed by atoms with Gasteiger partial charge in [0.2, 0.25) is 11.8 Å². The second kappa shape index (κ2) is 7.50. The highest BCUT2D eigenvalue weighted by Gasteiger charge is 2.36. The lowest BCUT2D eigenvalue weighted by Crippen LogP contribution is -2.35. The molecule has 1 saturated carbocycles. The van der Waals surface area contributed by atoms with Crippen LogP contribution in [-0.2, 0) is 9.59 Å². The van der Waals surface area contributed by atoms with Crippen LogP contribution in [-0.4, -0.2) is 47.8 Å². The van der Waals surface area contributed by atoms with Crippen molar-refractivity contribution in [3.63, 3.8) is 0 Å². The molecule has 1 unspecified atom stereocenters. The maximum absolute atomic E-state index is 12.2. The average Bonchev–Trinajstić information content (AvgIpc) is 3.33. The van der Waals surface area contributed by atoms with E-state index >= 15 is 0 Å². The van der Waals surface area contributed by atoms with Crippen molar-refractivity contribution in [3.05, 3.63) is 34.4 Å². The first kappa shape index (κ1) is 17.2. The van der Waals surface area contributed by atoms with E-state index in [1.165, 1.54) is 18.9 Å². The molecule has 1 aromatic carbocycles. The second-order valence-electron chi connectivity index (χ2n) is 6.64. The average molecular weight is 346 g/mol. The van der Waals surface area contributed by atoms with Gasteiger partial charge in [-0.1, -0.05) is 12.1 Å². The highest BCUT2D eigenvalue weighted by Crippen LogP contribution is 2.32. The number of carbonyl (C=O) groups is 2. The van der Waals surface area contributed by atoms with Crippen LogP contribution in [0.3, 0.4) is 0 Å². The summed E-state index contributed by atoms with van der Waals surface area (Å²) in [5.74, 6) is 0.259. The monoisotopic (exact) mass is 346 g/mol. The summed E-state index contributed by atoms with van der Waals surface area (Å²) in [4.78, 5) is 36.4. The summed E-state index contributed by atoms with van der Waals surface area (Å²) in [5, 5.41) is 16.7. The molecule has 1 saturated heterocycles. The number of hydrogen-bond acceptors (Lipinski definition) is 5. The van der Waals surface area contributed by atoms with Crippen LogP contribution in [0.5, 0.6) is 0 Å². The van der Waals surface area contributed by atoms with E-state index in [9.17, 15) is 19.7 Å². The summed E-state index contributed by atoms with van der Waals surface area (Å²) in [6.07, 6.45) is 2.63. The third-order valence-electron chi connectivity index (χ3n) is 4.60. The fourth-order valence-corrected chi connectivity index (χ4v) is 3.05. The van der Waals surface area contributed by atoms with Crippen molar-refractivity contribution in [3.8, 4) is 0 Å². The molecule has 1 aromatic rings. The number of amides is 2. The van der Waals surface area contributed by atoms with Crippen molar-refractivity contribution < 1.29 is 14.5 Å². The molecule has 2 aliphatic rings. The SMILES string of the molecule is O=C(NCCNc1ccccc1[N+](=O)[O-])C1CC(=O)N(CC2CC2)C1. The molecule has 2 amide bonds. The Labute approximate surface area is 145 Å². The van der Waals surface area contributed by atoms with Crippen molar-refractivity contribution in [2.45, 2.75) is 19.3 Å². The van der Waals surface area contributed by atoms with Crippen molar-refractivity contribution in [2.75, 3.05) is 31.5 Å². The van der Waals surface area contributed by atoms with E-state index in [0.29, 0.717) is 31.2 Å². The standard InChI is InChI=1S/C17H22N4O4/c22-16-9-13(11-20(16)10-12-5-6-12)17(23)19-8-7-18-14-3-1-2-4-15(14)21(24)25/h1-4,12-13,18H,5-11H2,(H,19,23). The van der Waals surface area contributed by atoms with E-state index in [1.54, 1.807) is 23.1 Å². The molecule has 134 valence electrons. The number of benzene rings is 1. The maximum Gasteiger partial charge on any atom is 0.292 e. The van der Waals surface area contributed by atoms with Crippen LogP contribution in [0.25, 0.3) is 0 Å². The molecule has 0 spiro atoms. The Kier molecular flexibility index (Phi) is 5.16. The first-order chi connectivity index (χ1) is 12.0. The summed E-state index contributed by atoms with van der Waals surface area (Å²) in [6.45, 7) is 2.00. The van der Waals surface area contributed by atoms with E-state index in [2.05, 4.69) is 10.6 Å². The molecule has 1 aliphatic heterocycles. The number of likely N-dealkylation sites (tertiary alicyclic amines) is 1. The first-order valence-electron chi connectivity index (χ1n) is 8.57. The molecule has 8 heteroatoms. The van der Waals surface area contributed by atoms with Crippen LogP contribution in [0.2, 0.25) is 0 Å². The molecule has 0 aromatic heterocycles. The summed E-state index contributed by atoms with van der Waals surface area (Å²) >= 11 is 0. The molecule has 1 heterocycles. The lowest BCUT2D eigenvalue weighted by atomic mass is 10.1.